The molecule has 52 heavy (non-hydrogen) atoms. The Balaban J connectivity index is 1.36. The molecule has 0 radical (unpaired) electrons. The first-order valence-electron chi connectivity index (χ1n) is 17.5. The molecule has 0 aromatic heterocycles. The number of hydrogen-bond acceptors (Lipinski definition) is 12. The van der Waals surface area contributed by atoms with E-state index in [0.717, 1.165) is 16.7 Å². The van der Waals surface area contributed by atoms with Crippen molar-refractivity contribution in [1.29, 1.82) is 0 Å². The molecule has 3 aliphatic rings. The van der Waals surface area contributed by atoms with Crippen LogP contribution in [0.1, 0.15) is 30.5 Å². The van der Waals surface area contributed by atoms with Gasteiger partial charge in [-0.25, -0.2) is 0 Å². The maximum Gasteiger partial charge on any atom is 0.205 e. The predicted octanol–water partition coefficient (Wildman–Crippen LogP) is 4.47. The molecule has 0 aliphatic carbocycles. The molecule has 284 valence electrons. The Morgan fingerprint density at radius 3 is 1.54 bits per heavy atom. The summed E-state index contributed by atoms with van der Waals surface area (Å²) in [6.07, 6.45) is -8.99. The molecule has 0 amide bonds. The molecule has 3 heterocycles. The summed E-state index contributed by atoms with van der Waals surface area (Å²) in [7, 11) is 3.01. The molecular formula is C39H49BrO12. The van der Waals surface area contributed by atoms with Crippen molar-refractivity contribution >= 4 is 15.9 Å². The molecule has 2 N–H and O–H groups in total. The zero-order chi connectivity index (χ0) is 36.7. The number of halogens is 1. The van der Waals surface area contributed by atoms with Gasteiger partial charge in [-0.05, 0) is 46.5 Å². The number of methoxy groups -OCH3 is 2. The van der Waals surface area contributed by atoms with Crippen LogP contribution >= 0.6 is 15.9 Å². The molecular weight excluding hydrogens is 740 g/mol. The number of benzene rings is 3. The normalized spacial score (nSPS) is 36.3. The van der Waals surface area contributed by atoms with Crippen LogP contribution in [0.5, 0.6) is 0 Å². The van der Waals surface area contributed by atoms with Crippen LogP contribution in [0.4, 0.5) is 0 Å². The Morgan fingerprint density at radius 1 is 0.596 bits per heavy atom. The fourth-order valence-corrected chi connectivity index (χ4v) is 7.23. The van der Waals surface area contributed by atoms with E-state index < -0.39 is 84.9 Å². The molecule has 3 aliphatic heterocycles. The average molecular weight is 790 g/mol. The standard InChI is InChI=1S/C39H49BrO12/c1-38(40)39(2,44-4)52-33-31(29(21-42)48-36(43-3)35(33)51-38)50-37-34(47-24-27-18-12-7-13-19-27)32(46-23-26-16-10-6-11-17-26)30(28(20-41)49-37)45-22-25-14-8-5-9-15-25/h5-19,28-37,41-42H,20-24H2,1-4H3/t28-,29-,30-,31-,32+,33+,34-,35-,36+,37-,38-,39-/m1/s1. The minimum absolute atomic E-state index is 0.195. The van der Waals surface area contributed by atoms with Gasteiger partial charge in [-0.1, -0.05) is 91.0 Å². The summed E-state index contributed by atoms with van der Waals surface area (Å²) in [4.78, 5) is 0. The van der Waals surface area contributed by atoms with Crippen molar-refractivity contribution in [2.75, 3.05) is 27.4 Å². The van der Waals surface area contributed by atoms with Crippen LogP contribution in [0.3, 0.4) is 0 Å². The third kappa shape index (κ3) is 8.79. The summed E-state index contributed by atoms with van der Waals surface area (Å²) in [5, 5.41) is 21.4. The third-order valence-electron chi connectivity index (χ3n) is 9.84. The van der Waals surface area contributed by atoms with Gasteiger partial charge in [-0.15, -0.1) is 0 Å². The SMILES string of the molecule is CO[C@H]1O[C@H](CO)[C@@H](O[C@H]2O[C@H](CO)[C@@H](OCc3ccccc3)[C@H](OCc3ccccc3)[C@H]2OCc2ccccc2)[C@@H]2O[C@@](C)(OC)[C@](C)(Br)O[C@@H]12. The van der Waals surface area contributed by atoms with Crippen molar-refractivity contribution in [2.45, 2.75) is 105 Å². The first-order valence-corrected chi connectivity index (χ1v) is 18.3. The largest absolute Gasteiger partial charge is 0.394 e. The van der Waals surface area contributed by atoms with E-state index in [4.69, 9.17) is 47.4 Å². The highest BCUT2D eigenvalue weighted by atomic mass is 79.9. The zero-order valence-corrected chi connectivity index (χ0v) is 31.4. The number of aliphatic hydroxyl groups is 2. The second-order valence-corrected chi connectivity index (χ2v) is 14.8. The van der Waals surface area contributed by atoms with Crippen molar-refractivity contribution in [1.82, 2.24) is 0 Å². The highest BCUT2D eigenvalue weighted by molar-refractivity contribution is 9.10. The second-order valence-electron chi connectivity index (χ2n) is 13.3. The Morgan fingerprint density at radius 2 is 1.06 bits per heavy atom. The number of hydrogen-bond donors (Lipinski definition) is 2. The van der Waals surface area contributed by atoms with E-state index in [9.17, 15) is 10.2 Å². The maximum atomic E-state index is 10.8. The minimum Gasteiger partial charge on any atom is -0.394 e. The van der Waals surface area contributed by atoms with Gasteiger partial charge in [0.1, 0.15) is 48.8 Å². The lowest BCUT2D eigenvalue weighted by molar-refractivity contribution is -0.434. The molecule has 0 saturated carbocycles. The summed E-state index contributed by atoms with van der Waals surface area (Å²) < 4.78 is 62.9. The lowest BCUT2D eigenvalue weighted by Gasteiger charge is -2.56. The van der Waals surface area contributed by atoms with Crippen molar-refractivity contribution in [3.05, 3.63) is 108 Å². The van der Waals surface area contributed by atoms with E-state index in [1.54, 1.807) is 13.8 Å². The van der Waals surface area contributed by atoms with Crippen LogP contribution in [-0.2, 0) is 67.2 Å². The van der Waals surface area contributed by atoms with Crippen LogP contribution < -0.4 is 0 Å². The first kappa shape index (κ1) is 39.4. The number of alkyl halides is 1. The van der Waals surface area contributed by atoms with Crippen LogP contribution in [0.2, 0.25) is 0 Å². The van der Waals surface area contributed by atoms with Gasteiger partial charge in [0.25, 0.3) is 0 Å². The maximum absolute atomic E-state index is 10.8. The van der Waals surface area contributed by atoms with Crippen molar-refractivity contribution < 1.29 is 57.6 Å². The van der Waals surface area contributed by atoms with Gasteiger partial charge in [0.15, 0.2) is 17.1 Å². The zero-order valence-electron chi connectivity index (χ0n) is 29.8. The molecule has 3 fully saturated rings. The van der Waals surface area contributed by atoms with E-state index in [1.807, 2.05) is 91.0 Å². The molecule has 12 atom stereocenters. The van der Waals surface area contributed by atoms with Gasteiger partial charge in [-0.3, -0.25) is 0 Å². The molecule has 0 spiro atoms. The molecule has 6 rings (SSSR count). The fraction of sp³-hybridized carbons (Fsp3) is 0.538. The minimum atomic E-state index is -1.28. The van der Waals surface area contributed by atoms with E-state index in [1.165, 1.54) is 14.2 Å². The smallest absolute Gasteiger partial charge is 0.205 e. The highest BCUT2D eigenvalue weighted by Gasteiger charge is 2.62. The average Bonchev–Trinajstić information content (AvgIpc) is 3.17. The molecule has 13 heteroatoms. The number of rotatable bonds is 15. The Kier molecular flexibility index (Phi) is 13.5. The summed E-state index contributed by atoms with van der Waals surface area (Å²) >= 11 is 3.62. The summed E-state index contributed by atoms with van der Waals surface area (Å²) in [5.41, 5.74) is 2.80. The van der Waals surface area contributed by atoms with Crippen molar-refractivity contribution in [3.63, 3.8) is 0 Å². The van der Waals surface area contributed by atoms with E-state index in [-0.39, 0.29) is 19.8 Å². The Hall–Kier alpha value is -2.34. The van der Waals surface area contributed by atoms with Crippen LogP contribution in [0, 0.1) is 0 Å². The lowest BCUT2D eigenvalue weighted by Crippen LogP contribution is -2.72. The Bertz CT molecular complexity index is 1500. The summed E-state index contributed by atoms with van der Waals surface area (Å²) in [6.45, 7) is 3.35. The Labute approximate surface area is 313 Å². The molecule has 0 bridgehead atoms. The third-order valence-corrected chi connectivity index (χ3v) is 10.7. The van der Waals surface area contributed by atoms with E-state index in [2.05, 4.69) is 15.9 Å². The number of ether oxygens (including phenoxy) is 10. The van der Waals surface area contributed by atoms with Crippen molar-refractivity contribution in [2.24, 2.45) is 0 Å². The molecule has 12 nitrogen and oxygen atoms in total. The van der Waals surface area contributed by atoms with E-state index in [0.29, 0.717) is 0 Å². The fourth-order valence-electron chi connectivity index (χ4n) is 6.75. The first-order chi connectivity index (χ1) is 25.2. The lowest BCUT2D eigenvalue weighted by atomic mass is 9.94. The monoisotopic (exact) mass is 788 g/mol. The molecule has 0 unspecified atom stereocenters. The van der Waals surface area contributed by atoms with Gasteiger partial charge in [0.2, 0.25) is 5.79 Å². The van der Waals surface area contributed by atoms with Gasteiger partial charge >= 0.3 is 0 Å². The number of aliphatic hydroxyl groups excluding tert-OH is 2. The van der Waals surface area contributed by atoms with Crippen LogP contribution in [-0.4, -0.2) is 109 Å². The summed E-state index contributed by atoms with van der Waals surface area (Å²) in [6, 6.07) is 29.2. The van der Waals surface area contributed by atoms with Crippen LogP contribution in [0.25, 0.3) is 0 Å². The molecule has 3 aromatic carbocycles. The van der Waals surface area contributed by atoms with Gasteiger partial charge in [0.05, 0.1) is 33.0 Å². The second kappa shape index (κ2) is 17.9. The van der Waals surface area contributed by atoms with Gasteiger partial charge in [-0.2, -0.15) is 0 Å². The van der Waals surface area contributed by atoms with Gasteiger partial charge < -0.3 is 57.6 Å². The predicted molar refractivity (Wildman–Crippen MR) is 191 cm³/mol. The number of fused-ring (bicyclic) bond motifs is 1. The quantitative estimate of drug-likeness (QED) is 0.211. The highest BCUT2D eigenvalue weighted by Crippen LogP contribution is 2.47. The van der Waals surface area contributed by atoms with E-state index >= 15 is 0 Å². The van der Waals surface area contributed by atoms with Gasteiger partial charge in [0, 0.05) is 14.2 Å². The molecule has 3 aromatic rings. The molecule has 3 saturated heterocycles. The topological polar surface area (TPSA) is 133 Å². The summed E-state index contributed by atoms with van der Waals surface area (Å²) in [5.74, 6) is -1.28. The van der Waals surface area contributed by atoms with Crippen molar-refractivity contribution in [3.8, 4) is 0 Å². The van der Waals surface area contributed by atoms with Crippen LogP contribution in [0.15, 0.2) is 91.0 Å².